The highest BCUT2D eigenvalue weighted by Gasteiger charge is 2.41. The van der Waals surface area contributed by atoms with E-state index >= 15 is 0 Å². The van der Waals surface area contributed by atoms with E-state index in [0.29, 0.717) is 12.2 Å². The van der Waals surface area contributed by atoms with Crippen molar-refractivity contribution in [3.05, 3.63) is 22.4 Å². The number of hydrogen-bond acceptors (Lipinski definition) is 3. The zero-order chi connectivity index (χ0) is 13.0. The van der Waals surface area contributed by atoms with Crippen molar-refractivity contribution >= 4 is 17.1 Å². The Morgan fingerprint density at radius 3 is 2.50 bits per heavy atom. The van der Waals surface area contributed by atoms with Gasteiger partial charge in [0.05, 0.1) is 5.54 Å². The molecule has 1 aliphatic heterocycles. The highest BCUT2D eigenvalue weighted by molar-refractivity contribution is 7.08. The molecule has 2 nitrogen and oxygen atoms in total. The maximum Gasteiger partial charge on any atom is 0.157 e. The Balaban J connectivity index is 2.15. The van der Waals surface area contributed by atoms with E-state index < -0.39 is 0 Å². The van der Waals surface area contributed by atoms with Gasteiger partial charge in [0.2, 0.25) is 0 Å². The molecule has 0 radical (unpaired) electrons. The number of Topliss-reactive ketones (excluding diaryl/α,β-unsaturated/α-hetero) is 1. The molecule has 0 aromatic carbocycles. The van der Waals surface area contributed by atoms with E-state index in [2.05, 4.69) is 35.6 Å². The fourth-order valence-corrected chi connectivity index (χ4v) is 3.82. The zero-order valence-corrected chi connectivity index (χ0v) is 12.3. The zero-order valence-electron chi connectivity index (χ0n) is 11.4. The van der Waals surface area contributed by atoms with E-state index in [1.54, 1.807) is 11.3 Å². The van der Waals surface area contributed by atoms with Crippen LogP contribution in [0.15, 0.2) is 16.8 Å². The maximum atomic E-state index is 12.7. The Bertz CT molecular complexity index is 375. The summed E-state index contributed by atoms with van der Waals surface area (Å²) >= 11 is 1.67. The van der Waals surface area contributed by atoms with Crippen molar-refractivity contribution in [3.8, 4) is 0 Å². The van der Waals surface area contributed by atoms with Crippen LogP contribution in [0.4, 0.5) is 0 Å². The summed E-state index contributed by atoms with van der Waals surface area (Å²) in [5, 5.41) is 4.15. The molecule has 18 heavy (non-hydrogen) atoms. The third kappa shape index (κ3) is 2.52. The molecule has 0 aliphatic carbocycles. The van der Waals surface area contributed by atoms with Gasteiger partial charge in [-0.1, -0.05) is 13.8 Å². The third-order valence-corrected chi connectivity index (χ3v) is 5.08. The van der Waals surface area contributed by atoms with Crippen LogP contribution >= 0.6 is 11.3 Å². The quantitative estimate of drug-likeness (QED) is 0.784. The topological polar surface area (TPSA) is 20.3 Å². The number of nitrogens with zero attached hydrogens (tertiary/aromatic N) is 1. The first-order valence-corrected chi connectivity index (χ1v) is 7.96. The highest BCUT2D eigenvalue weighted by Crippen LogP contribution is 2.30. The van der Waals surface area contributed by atoms with E-state index in [-0.39, 0.29) is 5.54 Å². The normalized spacial score (nSPS) is 17.2. The molecule has 3 heteroatoms. The van der Waals surface area contributed by atoms with Gasteiger partial charge >= 0.3 is 0 Å². The van der Waals surface area contributed by atoms with Crippen molar-refractivity contribution in [3.63, 3.8) is 0 Å². The van der Waals surface area contributed by atoms with Gasteiger partial charge < -0.3 is 0 Å². The predicted molar refractivity (Wildman–Crippen MR) is 77.2 cm³/mol. The number of ketones is 1. The number of thiophene rings is 1. The molecule has 0 atom stereocenters. The molecule has 0 saturated carbocycles. The number of rotatable bonds is 6. The lowest BCUT2D eigenvalue weighted by Crippen LogP contribution is -2.53. The smallest absolute Gasteiger partial charge is 0.157 e. The van der Waals surface area contributed by atoms with Gasteiger partial charge in [0.15, 0.2) is 5.78 Å². The van der Waals surface area contributed by atoms with Crippen molar-refractivity contribution in [1.29, 1.82) is 0 Å². The van der Waals surface area contributed by atoms with Gasteiger partial charge in [-0.25, -0.2) is 0 Å². The van der Waals surface area contributed by atoms with Crippen molar-refractivity contribution in [2.75, 3.05) is 13.1 Å². The molecule has 0 spiro atoms. The molecule has 1 aromatic rings. The minimum absolute atomic E-state index is 0.210. The first-order chi connectivity index (χ1) is 8.73. The summed E-state index contributed by atoms with van der Waals surface area (Å²) in [5.74, 6) is 0.410. The Morgan fingerprint density at radius 1 is 1.33 bits per heavy atom. The summed E-state index contributed by atoms with van der Waals surface area (Å²) < 4.78 is 0. The van der Waals surface area contributed by atoms with E-state index in [0.717, 1.165) is 25.9 Å². The Labute approximate surface area is 114 Å². The summed E-state index contributed by atoms with van der Waals surface area (Å²) in [4.78, 5) is 15.2. The molecule has 0 bridgehead atoms. The predicted octanol–water partition coefficient (Wildman–Crippen LogP) is 3.51. The van der Waals surface area contributed by atoms with Crippen LogP contribution in [0.5, 0.6) is 0 Å². The minimum Gasteiger partial charge on any atom is -0.297 e. The standard InChI is InChI=1S/C15H23NOS/c1-3-15(4-2,16-8-5-6-9-16)14(17)11-13-7-10-18-12-13/h7,10,12H,3-6,8-9,11H2,1-2H3. The Kier molecular flexibility index (Phi) is 4.57. The van der Waals surface area contributed by atoms with Crippen molar-refractivity contribution < 1.29 is 4.79 Å². The van der Waals surface area contributed by atoms with Gasteiger partial charge in [-0.05, 0) is 61.2 Å². The van der Waals surface area contributed by atoms with Gasteiger partial charge in [0.25, 0.3) is 0 Å². The highest BCUT2D eigenvalue weighted by atomic mass is 32.1. The van der Waals surface area contributed by atoms with Crippen molar-refractivity contribution in [2.45, 2.75) is 51.5 Å². The molecule has 1 aromatic heterocycles. The van der Waals surface area contributed by atoms with Crippen LogP contribution in [-0.2, 0) is 11.2 Å². The fourth-order valence-electron chi connectivity index (χ4n) is 3.16. The molecule has 0 N–H and O–H groups in total. The summed E-state index contributed by atoms with van der Waals surface area (Å²) in [7, 11) is 0. The molecule has 0 amide bonds. The molecule has 2 heterocycles. The molecule has 1 saturated heterocycles. The lowest BCUT2D eigenvalue weighted by molar-refractivity contribution is -0.130. The first-order valence-electron chi connectivity index (χ1n) is 7.02. The lowest BCUT2D eigenvalue weighted by Gasteiger charge is -2.39. The van der Waals surface area contributed by atoms with Crippen LogP contribution in [0.25, 0.3) is 0 Å². The van der Waals surface area contributed by atoms with Gasteiger partial charge in [0.1, 0.15) is 0 Å². The second kappa shape index (κ2) is 5.98. The van der Waals surface area contributed by atoms with Gasteiger partial charge in [-0.15, -0.1) is 0 Å². The lowest BCUT2D eigenvalue weighted by atomic mass is 9.83. The van der Waals surface area contributed by atoms with E-state index in [4.69, 9.17) is 0 Å². The van der Waals surface area contributed by atoms with Crippen LogP contribution in [0, 0.1) is 0 Å². The minimum atomic E-state index is -0.210. The van der Waals surface area contributed by atoms with E-state index in [1.807, 2.05) is 0 Å². The average Bonchev–Trinajstić information content (AvgIpc) is 3.04. The van der Waals surface area contributed by atoms with Crippen LogP contribution in [0.2, 0.25) is 0 Å². The largest absolute Gasteiger partial charge is 0.297 e. The molecule has 0 unspecified atom stereocenters. The maximum absolute atomic E-state index is 12.7. The summed E-state index contributed by atoms with van der Waals surface area (Å²) in [6.45, 7) is 6.51. The number of carbonyl (C=O) groups excluding carboxylic acids is 1. The molecule has 100 valence electrons. The summed E-state index contributed by atoms with van der Waals surface area (Å²) in [6, 6.07) is 2.07. The average molecular weight is 265 g/mol. The Morgan fingerprint density at radius 2 is 2.00 bits per heavy atom. The van der Waals surface area contributed by atoms with Gasteiger partial charge in [0, 0.05) is 6.42 Å². The fraction of sp³-hybridized carbons (Fsp3) is 0.667. The molecular formula is C15H23NOS. The number of carbonyl (C=O) groups is 1. The molecular weight excluding hydrogens is 242 g/mol. The molecule has 1 aliphatic rings. The second-order valence-corrected chi connectivity index (χ2v) is 5.94. The van der Waals surface area contributed by atoms with Crippen LogP contribution < -0.4 is 0 Å². The number of likely N-dealkylation sites (tertiary alicyclic amines) is 1. The third-order valence-electron chi connectivity index (χ3n) is 4.34. The molecule has 1 fully saturated rings. The SMILES string of the molecule is CCC(CC)(C(=O)Cc1ccsc1)N1CCCC1. The van der Waals surface area contributed by atoms with Gasteiger partial charge in [-0.2, -0.15) is 11.3 Å². The second-order valence-electron chi connectivity index (χ2n) is 5.16. The molecule has 2 rings (SSSR count). The van der Waals surface area contributed by atoms with Crippen LogP contribution in [0.1, 0.15) is 45.1 Å². The van der Waals surface area contributed by atoms with Crippen LogP contribution in [-0.4, -0.2) is 29.3 Å². The first kappa shape index (κ1) is 13.8. The Hall–Kier alpha value is -0.670. The number of hydrogen-bond donors (Lipinski definition) is 0. The van der Waals surface area contributed by atoms with E-state index in [1.165, 1.54) is 18.4 Å². The van der Waals surface area contributed by atoms with E-state index in [9.17, 15) is 4.79 Å². The monoisotopic (exact) mass is 265 g/mol. The summed E-state index contributed by atoms with van der Waals surface area (Å²) in [5.41, 5.74) is 0.966. The summed E-state index contributed by atoms with van der Waals surface area (Å²) in [6.07, 6.45) is 4.96. The van der Waals surface area contributed by atoms with Gasteiger partial charge in [-0.3, -0.25) is 9.69 Å². The van der Waals surface area contributed by atoms with Crippen molar-refractivity contribution in [1.82, 2.24) is 4.90 Å². The van der Waals surface area contributed by atoms with Crippen molar-refractivity contribution in [2.24, 2.45) is 0 Å². The van der Waals surface area contributed by atoms with Crippen LogP contribution in [0.3, 0.4) is 0 Å².